The lowest BCUT2D eigenvalue weighted by molar-refractivity contribution is 0.245. The molecule has 0 aliphatic carbocycles. The zero-order valence-electron chi connectivity index (χ0n) is 7.77. The molecule has 1 fully saturated rings. The fraction of sp³-hybridized carbons (Fsp3) is 0.300. The van der Waals surface area contributed by atoms with E-state index in [0.717, 1.165) is 12.0 Å². The van der Waals surface area contributed by atoms with Crippen LogP contribution in [0.4, 0.5) is 0 Å². The molecule has 3 rings (SSSR count). The number of fused-ring (bicyclic) bond motifs is 1. The van der Waals surface area contributed by atoms with Gasteiger partial charge in [-0.15, -0.1) is 0 Å². The first-order chi connectivity index (χ1) is 7.33. The highest BCUT2D eigenvalue weighted by Crippen LogP contribution is 2.28. The molecule has 0 N–H and O–H groups in total. The maximum atomic E-state index is 5.87. The van der Waals surface area contributed by atoms with Crippen LogP contribution in [0, 0.1) is 0 Å². The van der Waals surface area contributed by atoms with Crippen molar-refractivity contribution >= 4 is 22.6 Å². The molecule has 78 valence electrons. The molecule has 1 aromatic heterocycles. The van der Waals surface area contributed by atoms with E-state index < -0.39 is 0 Å². The lowest BCUT2D eigenvalue weighted by Crippen LogP contribution is -2.04. The van der Waals surface area contributed by atoms with Crippen LogP contribution < -0.4 is 4.74 Å². The van der Waals surface area contributed by atoms with Gasteiger partial charge in [-0.1, -0.05) is 11.6 Å². The largest absolute Gasteiger partial charge is 0.472 e. The molecular formula is C10H8ClNO3. The summed E-state index contributed by atoms with van der Waals surface area (Å²) < 4.78 is 15.6. The van der Waals surface area contributed by atoms with E-state index in [0.29, 0.717) is 23.1 Å². The third kappa shape index (κ3) is 1.78. The lowest BCUT2D eigenvalue weighted by Gasteiger charge is -1.98. The predicted molar refractivity (Wildman–Crippen MR) is 54.3 cm³/mol. The maximum absolute atomic E-state index is 5.87. The van der Waals surface area contributed by atoms with Crippen LogP contribution in [0.1, 0.15) is 0 Å². The summed E-state index contributed by atoms with van der Waals surface area (Å²) in [5, 5.41) is 5.26. The number of epoxide rings is 1. The van der Waals surface area contributed by atoms with Gasteiger partial charge in [-0.3, -0.25) is 0 Å². The number of benzene rings is 1. The van der Waals surface area contributed by atoms with E-state index in [2.05, 4.69) is 5.16 Å². The van der Waals surface area contributed by atoms with E-state index in [4.69, 9.17) is 25.6 Å². The first kappa shape index (κ1) is 9.00. The minimum Gasteiger partial charge on any atom is -0.472 e. The summed E-state index contributed by atoms with van der Waals surface area (Å²) in [6, 6.07) is 5.30. The van der Waals surface area contributed by atoms with Crippen LogP contribution in [0.5, 0.6) is 5.88 Å². The molecule has 0 radical (unpaired) electrons. The number of aromatic nitrogens is 1. The normalized spacial score (nSPS) is 19.4. The van der Waals surface area contributed by atoms with Crippen molar-refractivity contribution in [3.63, 3.8) is 0 Å². The van der Waals surface area contributed by atoms with Gasteiger partial charge in [-0.2, -0.15) is 0 Å². The first-order valence-electron chi connectivity index (χ1n) is 4.62. The Kier molecular flexibility index (Phi) is 2.04. The molecule has 2 heterocycles. The van der Waals surface area contributed by atoms with Gasteiger partial charge in [0.1, 0.15) is 12.7 Å². The smallest absolute Gasteiger partial charge is 0.262 e. The minimum absolute atomic E-state index is 0.205. The standard InChI is InChI=1S/C10H8ClNO3/c11-6-1-2-9-8(3-6)10(12-15-9)14-5-7-4-13-7/h1-3,7H,4-5H2. The number of rotatable bonds is 3. The van der Waals surface area contributed by atoms with Gasteiger partial charge < -0.3 is 14.0 Å². The second-order valence-electron chi connectivity index (χ2n) is 3.39. The first-order valence-corrected chi connectivity index (χ1v) is 5.00. The van der Waals surface area contributed by atoms with Gasteiger partial charge in [0.25, 0.3) is 5.88 Å². The molecule has 0 spiro atoms. The van der Waals surface area contributed by atoms with Gasteiger partial charge in [0.15, 0.2) is 5.58 Å². The van der Waals surface area contributed by atoms with Crippen LogP contribution in [0.2, 0.25) is 5.02 Å². The zero-order chi connectivity index (χ0) is 10.3. The van der Waals surface area contributed by atoms with Crippen LogP contribution in [0.3, 0.4) is 0 Å². The summed E-state index contributed by atoms with van der Waals surface area (Å²) >= 11 is 5.87. The van der Waals surface area contributed by atoms with Crippen molar-refractivity contribution in [2.75, 3.05) is 13.2 Å². The van der Waals surface area contributed by atoms with Gasteiger partial charge in [-0.05, 0) is 23.4 Å². The molecule has 0 amide bonds. The zero-order valence-corrected chi connectivity index (χ0v) is 8.53. The van der Waals surface area contributed by atoms with Crippen LogP contribution in [-0.4, -0.2) is 24.5 Å². The van der Waals surface area contributed by atoms with E-state index in [9.17, 15) is 0 Å². The molecular weight excluding hydrogens is 218 g/mol. The second kappa shape index (κ2) is 3.40. The van der Waals surface area contributed by atoms with Gasteiger partial charge in [0.05, 0.1) is 12.0 Å². The number of hydrogen-bond donors (Lipinski definition) is 0. The Hall–Kier alpha value is -1.26. The van der Waals surface area contributed by atoms with Crippen LogP contribution in [-0.2, 0) is 4.74 Å². The van der Waals surface area contributed by atoms with Crippen LogP contribution in [0.25, 0.3) is 11.0 Å². The van der Waals surface area contributed by atoms with E-state index in [1.807, 2.05) is 0 Å². The number of halogens is 1. The van der Waals surface area contributed by atoms with E-state index in [1.165, 1.54) is 0 Å². The summed E-state index contributed by atoms with van der Waals surface area (Å²) in [4.78, 5) is 0. The SMILES string of the molecule is Clc1ccc2onc(OCC3CO3)c2c1. The number of ether oxygens (including phenoxy) is 2. The maximum Gasteiger partial charge on any atom is 0.262 e. The van der Waals surface area contributed by atoms with Crippen molar-refractivity contribution in [1.29, 1.82) is 0 Å². The Balaban J connectivity index is 1.91. The molecule has 1 unspecified atom stereocenters. The van der Waals surface area contributed by atoms with Crippen molar-refractivity contribution in [1.82, 2.24) is 5.16 Å². The van der Waals surface area contributed by atoms with Gasteiger partial charge >= 0.3 is 0 Å². The van der Waals surface area contributed by atoms with E-state index in [-0.39, 0.29) is 6.10 Å². The summed E-state index contributed by atoms with van der Waals surface area (Å²) in [6.07, 6.45) is 0.205. The molecule has 1 atom stereocenters. The summed E-state index contributed by atoms with van der Waals surface area (Å²) in [7, 11) is 0. The van der Waals surface area contributed by atoms with Crippen molar-refractivity contribution in [3.05, 3.63) is 23.2 Å². The van der Waals surface area contributed by atoms with Crippen LogP contribution >= 0.6 is 11.6 Å². The average molecular weight is 226 g/mol. The highest BCUT2D eigenvalue weighted by Gasteiger charge is 2.24. The third-order valence-corrected chi connectivity index (χ3v) is 2.44. The molecule has 1 aromatic carbocycles. The Morgan fingerprint density at radius 3 is 3.20 bits per heavy atom. The molecule has 5 heteroatoms. The number of hydrogen-bond acceptors (Lipinski definition) is 4. The Bertz CT molecular complexity index is 492. The van der Waals surface area contributed by atoms with Crippen molar-refractivity contribution in [2.45, 2.75) is 6.10 Å². The van der Waals surface area contributed by atoms with Gasteiger partial charge in [-0.25, -0.2) is 0 Å². The average Bonchev–Trinajstić information content (AvgIpc) is 2.97. The van der Waals surface area contributed by atoms with Crippen molar-refractivity contribution < 1.29 is 14.0 Å². The quantitative estimate of drug-likeness (QED) is 0.752. The molecule has 0 bridgehead atoms. The fourth-order valence-electron chi connectivity index (χ4n) is 1.33. The minimum atomic E-state index is 0.205. The molecule has 4 nitrogen and oxygen atoms in total. The Morgan fingerprint density at radius 1 is 1.53 bits per heavy atom. The molecule has 2 aromatic rings. The molecule has 0 saturated carbocycles. The summed E-state index contributed by atoms with van der Waals surface area (Å²) in [5.41, 5.74) is 0.672. The Morgan fingerprint density at radius 2 is 2.40 bits per heavy atom. The van der Waals surface area contributed by atoms with Gasteiger partial charge in [0, 0.05) is 5.02 Å². The summed E-state index contributed by atoms with van der Waals surface area (Å²) in [5.74, 6) is 0.475. The summed E-state index contributed by atoms with van der Waals surface area (Å²) in [6.45, 7) is 1.27. The molecule has 1 saturated heterocycles. The topological polar surface area (TPSA) is 47.8 Å². The highest BCUT2D eigenvalue weighted by atomic mass is 35.5. The lowest BCUT2D eigenvalue weighted by atomic mass is 10.2. The van der Waals surface area contributed by atoms with Crippen molar-refractivity contribution in [3.8, 4) is 5.88 Å². The second-order valence-corrected chi connectivity index (χ2v) is 3.83. The molecule has 15 heavy (non-hydrogen) atoms. The fourth-order valence-corrected chi connectivity index (χ4v) is 1.50. The van der Waals surface area contributed by atoms with E-state index >= 15 is 0 Å². The van der Waals surface area contributed by atoms with Gasteiger partial charge in [0.2, 0.25) is 0 Å². The number of nitrogens with zero attached hydrogens (tertiary/aromatic N) is 1. The molecule has 1 aliphatic heterocycles. The van der Waals surface area contributed by atoms with E-state index in [1.54, 1.807) is 18.2 Å². The highest BCUT2D eigenvalue weighted by molar-refractivity contribution is 6.31. The predicted octanol–water partition coefficient (Wildman–Crippen LogP) is 2.26. The Labute approximate surface area is 90.7 Å². The third-order valence-electron chi connectivity index (χ3n) is 2.21. The van der Waals surface area contributed by atoms with Crippen LogP contribution in [0.15, 0.2) is 22.7 Å². The molecule has 1 aliphatic rings. The monoisotopic (exact) mass is 225 g/mol. The van der Waals surface area contributed by atoms with Crippen molar-refractivity contribution in [2.24, 2.45) is 0 Å².